The normalized spacial score (nSPS) is 13.1. The molecule has 0 atom stereocenters. The van der Waals surface area contributed by atoms with Crippen LogP contribution in [0, 0.1) is 0 Å². The van der Waals surface area contributed by atoms with E-state index in [2.05, 4.69) is 143 Å². The van der Waals surface area contributed by atoms with Crippen LogP contribution < -0.4 is 5.32 Å². The highest BCUT2D eigenvalue weighted by Gasteiger charge is 2.19. The summed E-state index contributed by atoms with van der Waals surface area (Å²) in [6.07, 6.45) is 1.97. The molecule has 0 saturated heterocycles. The summed E-state index contributed by atoms with van der Waals surface area (Å²) in [7, 11) is 0. The van der Waals surface area contributed by atoms with Crippen LogP contribution in [0.15, 0.2) is 173 Å². The predicted octanol–water partition coefficient (Wildman–Crippen LogP) is 10.9. The van der Waals surface area contributed by atoms with Crippen molar-refractivity contribution in [2.45, 2.75) is 0 Å². The van der Waals surface area contributed by atoms with Crippen molar-refractivity contribution in [1.82, 2.24) is 14.9 Å². The molecule has 5 nitrogen and oxygen atoms in total. The summed E-state index contributed by atoms with van der Waals surface area (Å²) in [5.74, 6) is 0.793. The topological polar surface area (TPSA) is 55.4 Å². The van der Waals surface area contributed by atoms with Crippen LogP contribution in [-0.2, 0) is 0 Å². The Labute approximate surface area is 288 Å². The third-order valence-electron chi connectivity index (χ3n) is 9.71. The molecule has 3 aromatic heterocycles. The lowest BCUT2D eigenvalue weighted by atomic mass is 10.00. The Morgan fingerprint density at radius 1 is 0.480 bits per heavy atom. The number of fused-ring (bicyclic) bond motifs is 6. The minimum absolute atomic E-state index is 0.600. The number of aliphatic imine (C=N–C) groups is 1. The maximum Gasteiger partial charge on any atom is 0.208 e. The summed E-state index contributed by atoms with van der Waals surface area (Å²) in [5.41, 5.74) is 12.6. The predicted molar refractivity (Wildman–Crippen MR) is 206 cm³/mol. The second-order valence-electron chi connectivity index (χ2n) is 12.7. The first-order valence-corrected chi connectivity index (χ1v) is 16.9. The number of benzene rings is 6. The van der Waals surface area contributed by atoms with Crippen molar-refractivity contribution < 1.29 is 4.42 Å². The Kier molecular flexibility index (Phi) is 6.49. The van der Waals surface area contributed by atoms with Gasteiger partial charge in [0.05, 0.1) is 22.4 Å². The Hall–Kier alpha value is -6.72. The molecular formula is C45H30N4O. The van der Waals surface area contributed by atoms with Gasteiger partial charge in [0.25, 0.3) is 0 Å². The third kappa shape index (κ3) is 4.71. The summed E-state index contributed by atoms with van der Waals surface area (Å²) in [6, 6.07) is 55.1. The van der Waals surface area contributed by atoms with Gasteiger partial charge in [-0.05, 0) is 70.8 Å². The summed E-state index contributed by atoms with van der Waals surface area (Å²) in [6.45, 7) is 0.600. The fourth-order valence-electron chi connectivity index (χ4n) is 7.23. The molecule has 0 fully saturated rings. The lowest BCUT2D eigenvalue weighted by Gasteiger charge is -2.19. The molecule has 6 aromatic carbocycles. The van der Waals surface area contributed by atoms with Gasteiger partial charge in [0.15, 0.2) is 0 Å². The Morgan fingerprint density at radius 3 is 1.92 bits per heavy atom. The van der Waals surface area contributed by atoms with Gasteiger partial charge >= 0.3 is 0 Å². The molecule has 0 unspecified atom stereocenters. The van der Waals surface area contributed by atoms with E-state index in [0.717, 1.165) is 83.7 Å². The van der Waals surface area contributed by atoms with E-state index in [9.17, 15) is 0 Å². The first-order valence-electron chi connectivity index (χ1n) is 16.9. The van der Waals surface area contributed by atoms with Gasteiger partial charge in [-0.15, -0.1) is 0 Å². The third-order valence-corrected chi connectivity index (χ3v) is 9.71. The lowest BCUT2D eigenvalue weighted by Crippen LogP contribution is -2.33. The van der Waals surface area contributed by atoms with E-state index >= 15 is 0 Å². The van der Waals surface area contributed by atoms with E-state index in [1.807, 2.05) is 30.5 Å². The van der Waals surface area contributed by atoms with Crippen molar-refractivity contribution in [2.24, 2.45) is 4.99 Å². The van der Waals surface area contributed by atoms with Crippen LogP contribution >= 0.6 is 0 Å². The number of pyridine rings is 1. The number of nitrogens with one attached hydrogen (secondary N) is 1. The van der Waals surface area contributed by atoms with E-state index in [0.29, 0.717) is 6.54 Å². The maximum absolute atomic E-state index is 6.10. The molecule has 50 heavy (non-hydrogen) atoms. The van der Waals surface area contributed by atoms with Crippen LogP contribution in [0.4, 0.5) is 0 Å². The summed E-state index contributed by atoms with van der Waals surface area (Å²) < 4.78 is 8.33. The number of para-hydroxylation sites is 2. The van der Waals surface area contributed by atoms with E-state index in [-0.39, 0.29) is 0 Å². The molecule has 0 aliphatic carbocycles. The molecule has 10 rings (SSSR count). The van der Waals surface area contributed by atoms with Crippen LogP contribution in [0.2, 0.25) is 0 Å². The number of nitrogens with zero attached hydrogens (tertiary/aromatic N) is 3. The van der Waals surface area contributed by atoms with Crippen molar-refractivity contribution in [2.75, 3.05) is 6.54 Å². The zero-order valence-corrected chi connectivity index (χ0v) is 27.0. The highest BCUT2D eigenvalue weighted by Crippen LogP contribution is 2.36. The minimum Gasteiger partial charge on any atom is -0.456 e. The van der Waals surface area contributed by atoms with E-state index in [4.69, 9.17) is 14.4 Å². The first-order chi connectivity index (χ1) is 24.8. The monoisotopic (exact) mass is 642 g/mol. The van der Waals surface area contributed by atoms with Crippen LogP contribution in [-0.4, -0.2) is 22.1 Å². The zero-order valence-electron chi connectivity index (χ0n) is 27.0. The van der Waals surface area contributed by atoms with Gasteiger partial charge in [0, 0.05) is 45.4 Å². The highest BCUT2D eigenvalue weighted by molar-refractivity contribution is 6.15. The van der Waals surface area contributed by atoms with Gasteiger partial charge in [-0.2, -0.15) is 0 Å². The Bertz CT molecular complexity index is 2750. The smallest absolute Gasteiger partial charge is 0.208 e. The number of hydrogen-bond donors (Lipinski definition) is 1. The van der Waals surface area contributed by atoms with Crippen molar-refractivity contribution in [3.8, 4) is 33.5 Å². The van der Waals surface area contributed by atoms with Crippen molar-refractivity contribution >= 4 is 55.3 Å². The largest absolute Gasteiger partial charge is 0.456 e. The fourth-order valence-corrected chi connectivity index (χ4v) is 7.23. The number of rotatable bonds is 4. The highest BCUT2D eigenvalue weighted by atomic mass is 16.3. The zero-order chi connectivity index (χ0) is 33.0. The summed E-state index contributed by atoms with van der Waals surface area (Å²) >= 11 is 0. The molecule has 1 aliphatic heterocycles. The van der Waals surface area contributed by atoms with E-state index in [1.54, 1.807) is 0 Å². The number of aromatic nitrogens is 2. The molecular weight excluding hydrogens is 613 g/mol. The van der Waals surface area contributed by atoms with Crippen molar-refractivity contribution in [3.05, 3.63) is 170 Å². The van der Waals surface area contributed by atoms with Gasteiger partial charge < -0.3 is 9.73 Å². The van der Waals surface area contributed by atoms with E-state index in [1.165, 1.54) is 10.8 Å². The van der Waals surface area contributed by atoms with Crippen LogP contribution in [0.25, 0.3) is 82.8 Å². The van der Waals surface area contributed by atoms with Gasteiger partial charge in [-0.3, -0.25) is 4.57 Å². The van der Waals surface area contributed by atoms with Crippen molar-refractivity contribution in [3.63, 3.8) is 0 Å². The molecule has 9 aromatic rings. The van der Waals surface area contributed by atoms with Crippen LogP contribution in [0.3, 0.4) is 0 Å². The van der Waals surface area contributed by atoms with Gasteiger partial charge in [0.1, 0.15) is 11.2 Å². The first kappa shape index (κ1) is 28.3. The standard InChI is InChI=1S/C45H30N4O/c1-3-11-29(12-4-1)33-25-39(30-13-5-2-6-14-30)48-40(26-33)34-27-46-45(47-28-34)49-41-17-9-7-15-35(41)37-23-31(19-21-42(37)49)32-20-22-44-38(24-32)36-16-8-10-18-43(36)50-44/h1-27H,28H2,(H,46,47). The average molecular weight is 643 g/mol. The molecule has 1 aliphatic rings. The van der Waals surface area contributed by atoms with Crippen molar-refractivity contribution in [1.29, 1.82) is 0 Å². The quantitative estimate of drug-likeness (QED) is 0.208. The molecule has 0 radical (unpaired) electrons. The second-order valence-corrected chi connectivity index (χ2v) is 12.7. The Balaban J connectivity index is 1.07. The molecule has 1 N–H and O–H groups in total. The fraction of sp³-hybridized carbons (Fsp3) is 0.0222. The SMILES string of the molecule is C1=C(c2cc(-c3ccccc3)cc(-c3ccccc3)n2)CNC(n2c3ccccc3c3cc(-c4ccc5oc6ccccc6c5c4)ccc32)=N1. The molecule has 0 spiro atoms. The van der Waals surface area contributed by atoms with Gasteiger partial charge in [0.2, 0.25) is 5.96 Å². The van der Waals surface area contributed by atoms with Crippen LogP contribution in [0.1, 0.15) is 5.69 Å². The van der Waals surface area contributed by atoms with Gasteiger partial charge in [-0.1, -0.05) is 109 Å². The van der Waals surface area contributed by atoms with Gasteiger partial charge in [-0.25, -0.2) is 9.98 Å². The number of hydrogen-bond acceptors (Lipinski definition) is 4. The molecule has 5 heteroatoms. The summed E-state index contributed by atoms with van der Waals surface area (Å²) in [4.78, 5) is 10.1. The minimum atomic E-state index is 0.600. The second kappa shape index (κ2) is 11.5. The lowest BCUT2D eigenvalue weighted by molar-refractivity contribution is 0.669. The molecule has 0 amide bonds. The van der Waals surface area contributed by atoms with E-state index < -0.39 is 0 Å². The Morgan fingerprint density at radius 2 is 1.12 bits per heavy atom. The molecule has 0 saturated carbocycles. The molecule has 4 heterocycles. The maximum atomic E-state index is 6.10. The summed E-state index contributed by atoms with van der Waals surface area (Å²) in [5, 5.41) is 8.27. The number of furan rings is 1. The average Bonchev–Trinajstić information content (AvgIpc) is 3.73. The molecule has 0 bridgehead atoms. The van der Waals surface area contributed by atoms with Crippen LogP contribution in [0.5, 0.6) is 0 Å². The molecule has 236 valence electrons.